The minimum Gasteiger partial charge on any atom is -0.396 e. The Morgan fingerprint density at radius 3 is 2.65 bits per heavy atom. The Labute approximate surface area is 121 Å². The van der Waals surface area contributed by atoms with E-state index in [1.54, 1.807) is 12.1 Å². The fourth-order valence-corrected chi connectivity index (χ4v) is 3.79. The molecule has 1 fully saturated rings. The molecule has 2 rings (SSSR count). The standard InChI is InChI=1S/C15H24N2O2S/c1-11-6-3-4-7-12(11)10-17-13-8-5-9-14(15(13)16)20(2,18)19/h5,8-9,11-12,17H,3-4,6-7,10,16H2,1-2H3. The highest BCUT2D eigenvalue weighted by atomic mass is 32.2. The molecule has 1 aliphatic rings. The highest BCUT2D eigenvalue weighted by molar-refractivity contribution is 7.90. The fraction of sp³-hybridized carbons (Fsp3) is 0.600. The summed E-state index contributed by atoms with van der Waals surface area (Å²) in [6.07, 6.45) is 6.32. The van der Waals surface area contributed by atoms with Crippen LogP contribution in [-0.4, -0.2) is 21.2 Å². The maximum absolute atomic E-state index is 11.7. The summed E-state index contributed by atoms with van der Waals surface area (Å²) in [6.45, 7) is 3.15. The van der Waals surface area contributed by atoms with E-state index in [-0.39, 0.29) is 4.90 Å². The van der Waals surface area contributed by atoms with Crippen molar-refractivity contribution >= 4 is 21.2 Å². The lowest BCUT2D eigenvalue weighted by molar-refractivity contribution is 0.268. The second-order valence-corrected chi connectivity index (χ2v) is 7.88. The Kier molecular flexibility index (Phi) is 4.58. The first-order valence-electron chi connectivity index (χ1n) is 7.22. The number of rotatable bonds is 4. The van der Waals surface area contributed by atoms with Crippen LogP contribution in [0.4, 0.5) is 11.4 Å². The van der Waals surface area contributed by atoms with Crippen molar-refractivity contribution in [2.45, 2.75) is 37.5 Å². The Bertz CT molecular complexity index is 569. The van der Waals surface area contributed by atoms with Gasteiger partial charge in [0.05, 0.1) is 16.3 Å². The van der Waals surface area contributed by atoms with E-state index in [0.717, 1.165) is 18.2 Å². The number of para-hydroxylation sites is 1. The van der Waals surface area contributed by atoms with Crippen molar-refractivity contribution < 1.29 is 8.42 Å². The van der Waals surface area contributed by atoms with E-state index in [2.05, 4.69) is 12.2 Å². The summed E-state index contributed by atoms with van der Waals surface area (Å²) in [6, 6.07) is 5.13. The Hall–Kier alpha value is -1.23. The first kappa shape index (κ1) is 15.2. The topological polar surface area (TPSA) is 72.2 Å². The summed E-state index contributed by atoms with van der Waals surface area (Å²) in [4.78, 5) is 0.208. The number of benzene rings is 1. The SMILES string of the molecule is CC1CCCCC1CNc1cccc(S(C)(=O)=O)c1N. The molecule has 1 aromatic carbocycles. The van der Waals surface area contributed by atoms with Gasteiger partial charge in [0, 0.05) is 12.8 Å². The zero-order valence-corrected chi connectivity index (χ0v) is 13.0. The van der Waals surface area contributed by atoms with Crippen molar-refractivity contribution in [3.05, 3.63) is 18.2 Å². The minimum atomic E-state index is -3.27. The summed E-state index contributed by atoms with van der Waals surface area (Å²) in [7, 11) is -3.27. The first-order chi connectivity index (χ1) is 9.39. The van der Waals surface area contributed by atoms with Crippen LogP contribution in [0.15, 0.2) is 23.1 Å². The van der Waals surface area contributed by atoms with Gasteiger partial charge >= 0.3 is 0 Å². The van der Waals surface area contributed by atoms with E-state index in [1.807, 2.05) is 6.07 Å². The Balaban J connectivity index is 2.10. The van der Waals surface area contributed by atoms with Crippen LogP contribution in [-0.2, 0) is 9.84 Å². The van der Waals surface area contributed by atoms with Crippen molar-refractivity contribution in [3.8, 4) is 0 Å². The molecular formula is C15H24N2O2S. The molecule has 0 bridgehead atoms. The van der Waals surface area contributed by atoms with Gasteiger partial charge in [-0.3, -0.25) is 0 Å². The number of hydrogen-bond donors (Lipinski definition) is 2. The third-order valence-corrected chi connectivity index (χ3v) is 5.46. The van der Waals surface area contributed by atoms with Gasteiger partial charge in [-0.05, 0) is 30.4 Å². The van der Waals surface area contributed by atoms with Gasteiger partial charge in [0.1, 0.15) is 0 Å². The largest absolute Gasteiger partial charge is 0.396 e. The molecule has 0 radical (unpaired) electrons. The van der Waals surface area contributed by atoms with Gasteiger partial charge in [-0.2, -0.15) is 0 Å². The lowest BCUT2D eigenvalue weighted by atomic mass is 9.80. The van der Waals surface area contributed by atoms with Crippen LogP contribution in [0, 0.1) is 11.8 Å². The number of anilines is 2. The molecule has 1 saturated carbocycles. The molecule has 5 heteroatoms. The van der Waals surface area contributed by atoms with Gasteiger partial charge in [0.25, 0.3) is 0 Å². The number of nitrogen functional groups attached to an aromatic ring is 1. The zero-order valence-electron chi connectivity index (χ0n) is 12.2. The van der Waals surface area contributed by atoms with Crippen LogP contribution in [0.2, 0.25) is 0 Å². The normalized spacial score (nSPS) is 23.5. The molecule has 0 aromatic heterocycles. The number of sulfone groups is 1. The van der Waals surface area contributed by atoms with E-state index >= 15 is 0 Å². The summed E-state index contributed by atoms with van der Waals surface area (Å²) < 4.78 is 23.3. The molecule has 1 aliphatic carbocycles. The molecular weight excluding hydrogens is 272 g/mol. The number of nitrogens with two attached hydrogens (primary N) is 1. The lowest BCUT2D eigenvalue weighted by Gasteiger charge is -2.29. The van der Waals surface area contributed by atoms with Crippen molar-refractivity contribution in [2.24, 2.45) is 11.8 Å². The highest BCUT2D eigenvalue weighted by Crippen LogP contribution is 2.31. The summed E-state index contributed by atoms with van der Waals surface area (Å²) in [5, 5.41) is 3.34. The van der Waals surface area contributed by atoms with Crippen molar-refractivity contribution in [2.75, 3.05) is 23.9 Å². The van der Waals surface area contributed by atoms with Crippen LogP contribution < -0.4 is 11.1 Å². The quantitative estimate of drug-likeness (QED) is 0.838. The van der Waals surface area contributed by atoms with Crippen LogP contribution in [0.5, 0.6) is 0 Å². The molecule has 0 spiro atoms. The predicted molar refractivity (Wildman–Crippen MR) is 83.6 cm³/mol. The maximum atomic E-state index is 11.7. The Morgan fingerprint density at radius 1 is 1.30 bits per heavy atom. The second-order valence-electron chi connectivity index (χ2n) is 5.89. The second kappa shape index (κ2) is 6.04. The zero-order chi connectivity index (χ0) is 14.8. The van der Waals surface area contributed by atoms with Gasteiger partial charge in [-0.25, -0.2) is 8.42 Å². The molecule has 0 saturated heterocycles. The minimum absolute atomic E-state index is 0.208. The van der Waals surface area contributed by atoms with Gasteiger partial charge in [0.15, 0.2) is 9.84 Å². The average Bonchev–Trinajstić information content (AvgIpc) is 2.38. The molecule has 3 N–H and O–H groups in total. The van der Waals surface area contributed by atoms with Crippen LogP contribution in [0.3, 0.4) is 0 Å². The molecule has 0 amide bonds. The molecule has 4 nitrogen and oxygen atoms in total. The molecule has 20 heavy (non-hydrogen) atoms. The van der Waals surface area contributed by atoms with E-state index in [1.165, 1.54) is 31.9 Å². The average molecular weight is 296 g/mol. The number of nitrogens with one attached hydrogen (secondary N) is 1. The molecule has 2 atom stereocenters. The number of hydrogen-bond acceptors (Lipinski definition) is 4. The summed E-state index contributed by atoms with van der Waals surface area (Å²) in [5.74, 6) is 1.36. The maximum Gasteiger partial charge on any atom is 0.177 e. The monoisotopic (exact) mass is 296 g/mol. The molecule has 2 unspecified atom stereocenters. The van der Waals surface area contributed by atoms with E-state index in [0.29, 0.717) is 11.6 Å². The van der Waals surface area contributed by atoms with Gasteiger partial charge < -0.3 is 11.1 Å². The van der Waals surface area contributed by atoms with Crippen LogP contribution in [0.25, 0.3) is 0 Å². The van der Waals surface area contributed by atoms with Crippen molar-refractivity contribution in [1.29, 1.82) is 0 Å². The molecule has 1 aromatic rings. The van der Waals surface area contributed by atoms with Crippen LogP contribution >= 0.6 is 0 Å². The lowest BCUT2D eigenvalue weighted by Crippen LogP contribution is -2.24. The fourth-order valence-electron chi connectivity index (χ4n) is 2.96. The third-order valence-electron chi connectivity index (χ3n) is 4.31. The van der Waals surface area contributed by atoms with E-state index < -0.39 is 9.84 Å². The highest BCUT2D eigenvalue weighted by Gasteiger charge is 2.21. The molecule has 112 valence electrons. The van der Waals surface area contributed by atoms with Crippen molar-refractivity contribution in [3.63, 3.8) is 0 Å². The van der Waals surface area contributed by atoms with E-state index in [4.69, 9.17) is 5.73 Å². The van der Waals surface area contributed by atoms with Gasteiger partial charge in [0.2, 0.25) is 0 Å². The smallest absolute Gasteiger partial charge is 0.177 e. The predicted octanol–water partition coefficient (Wildman–Crippen LogP) is 2.91. The Morgan fingerprint density at radius 2 is 2.00 bits per heavy atom. The van der Waals surface area contributed by atoms with Crippen LogP contribution in [0.1, 0.15) is 32.6 Å². The third kappa shape index (κ3) is 3.45. The summed E-state index contributed by atoms with van der Waals surface area (Å²) in [5.41, 5.74) is 7.04. The summed E-state index contributed by atoms with van der Waals surface area (Å²) >= 11 is 0. The molecule has 0 aliphatic heterocycles. The van der Waals surface area contributed by atoms with E-state index in [9.17, 15) is 8.42 Å². The first-order valence-corrected chi connectivity index (χ1v) is 9.11. The van der Waals surface area contributed by atoms with Gasteiger partial charge in [-0.1, -0.05) is 32.3 Å². The van der Waals surface area contributed by atoms with Crippen molar-refractivity contribution in [1.82, 2.24) is 0 Å². The van der Waals surface area contributed by atoms with Gasteiger partial charge in [-0.15, -0.1) is 0 Å². The molecule has 0 heterocycles.